The molecule has 1 atom stereocenters. The highest BCUT2D eigenvalue weighted by Crippen LogP contribution is 2.30. The van der Waals surface area contributed by atoms with Crippen molar-refractivity contribution in [2.24, 2.45) is 5.73 Å². The summed E-state index contributed by atoms with van der Waals surface area (Å²) >= 11 is 0. The molecule has 0 aromatic heterocycles. The van der Waals surface area contributed by atoms with Gasteiger partial charge in [0.15, 0.2) is 15.4 Å². The van der Waals surface area contributed by atoms with Gasteiger partial charge in [0.1, 0.15) is 0 Å². The van der Waals surface area contributed by atoms with Crippen LogP contribution in [0.25, 0.3) is 0 Å². The first-order chi connectivity index (χ1) is 10.2. The highest BCUT2D eigenvalue weighted by Gasteiger charge is 2.38. The van der Waals surface area contributed by atoms with Gasteiger partial charge in [0.25, 0.3) is 5.91 Å². The molecular formula is C16H17NO4S. The van der Waals surface area contributed by atoms with E-state index in [0.29, 0.717) is 11.1 Å². The minimum atomic E-state index is -3.22. The fourth-order valence-corrected chi connectivity index (χ4v) is 3.10. The minimum absolute atomic E-state index is 0.176. The molecule has 2 aromatic rings. The van der Waals surface area contributed by atoms with Crippen molar-refractivity contribution in [2.75, 3.05) is 6.26 Å². The van der Waals surface area contributed by atoms with Gasteiger partial charge in [-0.1, -0.05) is 54.6 Å². The smallest absolute Gasteiger partial charge is 0.258 e. The Kier molecular flexibility index (Phi) is 4.35. The second kappa shape index (κ2) is 5.90. The van der Waals surface area contributed by atoms with Crippen molar-refractivity contribution in [2.45, 2.75) is 11.4 Å². The summed E-state index contributed by atoms with van der Waals surface area (Å²) in [6.07, 6.45) is 1.12. The first-order valence-electron chi connectivity index (χ1n) is 6.58. The van der Waals surface area contributed by atoms with Crippen molar-refractivity contribution >= 4 is 15.7 Å². The lowest BCUT2D eigenvalue weighted by Gasteiger charge is -2.26. The quantitative estimate of drug-likeness (QED) is 0.857. The fourth-order valence-electron chi connectivity index (χ4n) is 2.32. The van der Waals surface area contributed by atoms with Gasteiger partial charge < -0.3 is 10.8 Å². The van der Waals surface area contributed by atoms with Crippen LogP contribution in [0.3, 0.4) is 0 Å². The second-order valence-electron chi connectivity index (χ2n) is 5.21. The van der Waals surface area contributed by atoms with E-state index in [-0.39, 0.29) is 11.3 Å². The standard InChI is InChI=1S/C16H17NO4S/c1-22(20,21)11-12-6-5-9-14(10-12)16(19,15(17)18)13-7-3-2-4-8-13/h2-10,19H,11H2,1H3,(H2,17,18). The summed E-state index contributed by atoms with van der Waals surface area (Å²) in [5.41, 5.74) is 4.46. The molecule has 3 N–H and O–H groups in total. The zero-order valence-electron chi connectivity index (χ0n) is 12.1. The Morgan fingerprint density at radius 3 is 2.23 bits per heavy atom. The maximum atomic E-state index is 11.9. The topological polar surface area (TPSA) is 97.5 Å². The van der Waals surface area contributed by atoms with Gasteiger partial charge in [-0.3, -0.25) is 4.79 Å². The number of hydrogen-bond donors (Lipinski definition) is 2. The number of carbonyl (C=O) groups is 1. The van der Waals surface area contributed by atoms with E-state index in [1.165, 1.54) is 6.07 Å². The highest BCUT2D eigenvalue weighted by atomic mass is 32.2. The van der Waals surface area contributed by atoms with E-state index in [1.807, 2.05) is 0 Å². The number of hydrogen-bond acceptors (Lipinski definition) is 4. The van der Waals surface area contributed by atoms with E-state index in [0.717, 1.165) is 6.26 Å². The van der Waals surface area contributed by atoms with Crippen LogP contribution >= 0.6 is 0 Å². The Labute approximate surface area is 129 Å². The van der Waals surface area contributed by atoms with Crippen molar-refractivity contribution < 1.29 is 18.3 Å². The third-order valence-electron chi connectivity index (χ3n) is 3.32. The molecule has 0 bridgehead atoms. The summed E-state index contributed by atoms with van der Waals surface area (Å²) in [6, 6.07) is 14.5. The predicted octanol–water partition coefficient (Wildman–Crippen LogP) is 0.952. The van der Waals surface area contributed by atoms with Crippen molar-refractivity contribution in [1.82, 2.24) is 0 Å². The van der Waals surface area contributed by atoms with E-state index in [1.54, 1.807) is 48.5 Å². The Morgan fingerprint density at radius 2 is 1.68 bits per heavy atom. The van der Waals surface area contributed by atoms with Crippen LogP contribution in [0.5, 0.6) is 0 Å². The van der Waals surface area contributed by atoms with Crippen LogP contribution in [0.15, 0.2) is 54.6 Å². The molecular weight excluding hydrogens is 302 g/mol. The van der Waals surface area contributed by atoms with Crippen LogP contribution in [-0.4, -0.2) is 25.7 Å². The number of benzene rings is 2. The molecule has 0 heterocycles. The van der Waals surface area contributed by atoms with Crippen LogP contribution in [0.1, 0.15) is 16.7 Å². The molecule has 0 saturated heterocycles. The zero-order chi connectivity index (χ0) is 16.4. The summed E-state index contributed by atoms with van der Waals surface area (Å²) in [7, 11) is -3.22. The fraction of sp³-hybridized carbons (Fsp3) is 0.188. The Bertz CT molecular complexity index is 787. The summed E-state index contributed by atoms with van der Waals surface area (Å²) in [4.78, 5) is 11.9. The van der Waals surface area contributed by atoms with E-state index >= 15 is 0 Å². The van der Waals surface area contributed by atoms with Gasteiger partial charge >= 0.3 is 0 Å². The molecule has 0 aliphatic heterocycles. The van der Waals surface area contributed by atoms with Gasteiger partial charge in [0.2, 0.25) is 0 Å². The number of nitrogens with two attached hydrogens (primary N) is 1. The minimum Gasteiger partial charge on any atom is -0.372 e. The van der Waals surface area contributed by atoms with Gasteiger partial charge in [-0.15, -0.1) is 0 Å². The molecule has 0 fully saturated rings. The molecule has 0 aliphatic rings. The SMILES string of the molecule is CS(=O)(=O)Cc1cccc(C(O)(C(N)=O)c2ccccc2)c1. The Morgan fingerprint density at radius 1 is 1.09 bits per heavy atom. The van der Waals surface area contributed by atoms with Gasteiger partial charge in [-0.25, -0.2) is 8.42 Å². The van der Waals surface area contributed by atoms with Gasteiger partial charge in [-0.05, 0) is 16.7 Å². The molecule has 0 spiro atoms. The second-order valence-corrected chi connectivity index (χ2v) is 7.35. The van der Waals surface area contributed by atoms with Crippen LogP contribution in [0.4, 0.5) is 0 Å². The third kappa shape index (κ3) is 3.35. The molecule has 0 radical (unpaired) electrons. The number of sulfone groups is 1. The number of primary amides is 1. The molecule has 2 rings (SSSR count). The zero-order valence-corrected chi connectivity index (χ0v) is 12.9. The summed E-state index contributed by atoms with van der Waals surface area (Å²) in [5.74, 6) is -1.10. The van der Waals surface area contributed by atoms with Gasteiger partial charge in [-0.2, -0.15) is 0 Å². The van der Waals surface area contributed by atoms with Crippen LogP contribution in [0, 0.1) is 0 Å². The average Bonchev–Trinajstić information content (AvgIpc) is 2.45. The maximum absolute atomic E-state index is 11.9. The van der Waals surface area contributed by atoms with Crippen LogP contribution in [-0.2, 0) is 26.0 Å². The van der Waals surface area contributed by atoms with E-state index in [9.17, 15) is 18.3 Å². The largest absolute Gasteiger partial charge is 0.372 e. The Hall–Kier alpha value is -2.18. The molecule has 0 aliphatic carbocycles. The first kappa shape index (κ1) is 16.2. The van der Waals surface area contributed by atoms with E-state index in [2.05, 4.69) is 0 Å². The van der Waals surface area contributed by atoms with E-state index < -0.39 is 21.3 Å². The number of carbonyl (C=O) groups excluding carboxylic acids is 1. The van der Waals surface area contributed by atoms with Crippen molar-refractivity contribution in [3.8, 4) is 0 Å². The number of rotatable bonds is 5. The van der Waals surface area contributed by atoms with Crippen molar-refractivity contribution in [3.63, 3.8) is 0 Å². The van der Waals surface area contributed by atoms with Gasteiger partial charge in [0, 0.05) is 6.26 Å². The van der Waals surface area contributed by atoms with Gasteiger partial charge in [0.05, 0.1) is 5.75 Å². The molecule has 0 saturated carbocycles. The monoisotopic (exact) mass is 319 g/mol. The predicted molar refractivity (Wildman–Crippen MR) is 83.6 cm³/mol. The number of aliphatic hydroxyl groups is 1. The maximum Gasteiger partial charge on any atom is 0.258 e. The normalized spacial score (nSPS) is 14.3. The third-order valence-corrected chi connectivity index (χ3v) is 4.18. The van der Waals surface area contributed by atoms with Crippen LogP contribution in [0.2, 0.25) is 0 Å². The summed E-state index contributed by atoms with van der Waals surface area (Å²) in [5, 5.41) is 10.8. The molecule has 1 amide bonds. The lowest BCUT2D eigenvalue weighted by atomic mass is 9.85. The van der Waals surface area contributed by atoms with Crippen molar-refractivity contribution in [1.29, 1.82) is 0 Å². The van der Waals surface area contributed by atoms with Crippen molar-refractivity contribution in [3.05, 3.63) is 71.3 Å². The molecule has 1 unspecified atom stereocenters. The summed E-state index contributed by atoms with van der Waals surface area (Å²) in [6.45, 7) is 0. The molecule has 6 heteroatoms. The summed E-state index contributed by atoms with van der Waals surface area (Å²) < 4.78 is 22.8. The van der Waals surface area contributed by atoms with Crippen LogP contribution < -0.4 is 5.73 Å². The lowest BCUT2D eigenvalue weighted by molar-refractivity contribution is -0.133. The first-order valence-corrected chi connectivity index (χ1v) is 8.64. The Balaban J connectivity index is 2.55. The lowest BCUT2D eigenvalue weighted by Crippen LogP contribution is -2.42. The molecule has 116 valence electrons. The molecule has 2 aromatic carbocycles. The number of amides is 1. The molecule has 22 heavy (non-hydrogen) atoms. The average molecular weight is 319 g/mol. The van der Waals surface area contributed by atoms with E-state index in [4.69, 9.17) is 5.73 Å². The molecule has 5 nitrogen and oxygen atoms in total. The highest BCUT2D eigenvalue weighted by molar-refractivity contribution is 7.89.